The summed E-state index contributed by atoms with van der Waals surface area (Å²) in [6.07, 6.45) is 5.55. The van der Waals surface area contributed by atoms with E-state index in [9.17, 15) is 4.79 Å². The monoisotopic (exact) mass is 318 g/mol. The van der Waals surface area contributed by atoms with E-state index in [1.54, 1.807) is 20.3 Å². The van der Waals surface area contributed by atoms with Crippen LogP contribution in [0.25, 0.3) is 0 Å². The Morgan fingerprint density at radius 3 is 2.52 bits per heavy atom. The summed E-state index contributed by atoms with van der Waals surface area (Å²) in [5.41, 5.74) is 0.673. The molecular weight excluding hydrogens is 292 g/mol. The van der Waals surface area contributed by atoms with Gasteiger partial charge in [-0.05, 0) is 56.8 Å². The summed E-state index contributed by atoms with van der Waals surface area (Å²) >= 11 is 0. The van der Waals surface area contributed by atoms with Gasteiger partial charge in [0, 0.05) is 18.5 Å². The van der Waals surface area contributed by atoms with E-state index >= 15 is 0 Å². The van der Waals surface area contributed by atoms with E-state index in [-0.39, 0.29) is 5.91 Å². The van der Waals surface area contributed by atoms with E-state index in [1.807, 2.05) is 12.1 Å². The normalized spacial score (nSPS) is 19.4. The molecule has 2 aliphatic rings. The number of anilines is 1. The van der Waals surface area contributed by atoms with Gasteiger partial charge in [0.2, 0.25) is 5.91 Å². The maximum absolute atomic E-state index is 12.4. The Bertz CT molecular complexity index is 549. The van der Waals surface area contributed by atoms with E-state index in [4.69, 9.17) is 9.47 Å². The third-order valence-corrected chi connectivity index (χ3v) is 4.87. The van der Waals surface area contributed by atoms with Gasteiger partial charge in [-0.15, -0.1) is 0 Å². The molecule has 2 fully saturated rings. The molecule has 1 N–H and O–H groups in total. The minimum Gasteiger partial charge on any atom is -0.497 e. The lowest BCUT2D eigenvalue weighted by atomic mass is 9.93. The van der Waals surface area contributed by atoms with Crippen molar-refractivity contribution in [2.45, 2.75) is 38.1 Å². The van der Waals surface area contributed by atoms with Gasteiger partial charge < -0.3 is 19.7 Å². The lowest BCUT2D eigenvalue weighted by molar-refractivity contribution is -0.117. The molecule has 3 rings (SSSR count). The van der Waals surface area contributed by atoms with Crippen molar-refractivity contribution >= 4 is 11.6 Å². The number of piperidine rings is 1. The summed E-state index contributed by atoms with van der Waals surface area (Å²) in [6, 6.07) is 6.27. The molecule has 0 aromatic heterocycles. The van der Waals surface area contributed by atoms with Crippen LogP contribution in [0.3, 0.4) is 0 Å². The summed E-state index contributed by atoms with van der Waals surface area (Å²) in [4.78, 5) is 14.9. The first-order valence-corrected chi connectivity index (χ1v) is 8.45. The van der Waals surface area contributed by atoms with E-state index in [0.717, 1.165) is 32.0 Å². The molecule has 1 heterocycles. The number of ether oxygens (including phenoxy) is 2. The van der Waals surface area contributed by atoms with Gasteiger partial charge in [-0.3, -0.25) is 4.79 Å². The Balaban J connectivity index is 1.53. The van der Waals surface area contributed by atoms with Crippen molar-refractivity contribution in [1.29, 1.82) is 0 Å². The van der Waals surface area contributed by atoms with Crippen molar-refractivity contribution in [2.75, 3.05) is 32.6 Å². The molecule has 0 atom stereocenters. The van der Waals surface area contributed by atoms with Crippen LogP contribution in [0.1, 0.15) is 32.1 Å². The molecule has 1 aliphatic carbocycles. The molecule has 0 spiro atoms. The molecule has 1 aliphatic heterocycles. The second kappa shape index (κ2) is 7.21. The molecule has 126 valence electrons. The largest absolute Gasteiger partial charge is 0.497 e. The van der Waals surface area contributed by atoms with Gasteiger partial charge in [-0.1, -0.05) is 0 Å². The average Bonchev–Trinajstić information content (AvgIpc) is 3.40. The van der Waals surface area contributed by atoms with Crippen LogP contribution in [0, 0.1) is 5.92 Å². The maximum atomic E-state index is 12.4. The van der Waals surface area contributed by atoms with Crippen LogP contribution in [0.4, 0.5) is 5.69 Å². The van der Waals surface area contributed by atoms with Crippen molar-refractivity contribution in [3.05, 3.63) is 18.2 Å². The first-order chi connectivity index (χ1) is 11.2. The highest BCUT2D eigenvalue weighted by Crippen LogP contribution is 2.32. The molecule has 5 nitrogen and oxygen atoms in total. The zero-order valence-corrected chi connectivity index (χ0v) is 14.0. The third-order valence-electron chi connectivity index (χ3n) is 4.87. The lowest BCUT2D eigenvalue weighted by Gasteiger charge is -2.31. The molecule has 1 saturated carbocycles. The number of amides is 1. The molecule has 1 aromatic carbocycles. The Hall–Kier alpha value is -1.75. The van der Waals surface area contributed by atoms with Gasteiger partial charge in [-0.2, -0.15) is 0 Å². The third kappa shape index (κ3) is 4.16. The number of nitrogens with zero attached hydrogens (tertiary/aromatic N) is 1. The molecule has 0 radical (unpaired) electrons. The standard InChI is InChI=1S/C18H26N2O3/c1-22-15-5-6-17(23-2)16(12-15)19-18(21)11-13-7-9-20(10-8-13)14-3-4-14/h5-6,12-14H,3-4,7-11H2,1-2H3,(H,19,21). The molecule has 0 unspecified atom stereocenters. The summed E-state index contributed by atoms with van der Waals surface area (Å²) in [5.74, 6) is 1.91. The van der Waals surface area contributed by atoms with Crippen LogP contribution in [-0.2, 0) is 4.79 Å². The van der Waals surface area contributed by atoms with Gasteiger partial charge in [0.25, 0.3) is 0 Å². The lowest BCUT2D eigenvalue weighted by Crippen LogP contribution is -2.36. The molecule has 0 bridgehead atoms. The predicted octanol–water partition coefficient (Wildman–Crippen LogP) is 2.91. The highest BCUT2D eigenvalue weighted by atomic mass is 16.5. The molecule has 1 amide bonds. The molecule has 1 aromatic rings. The SMILES string of the molecule is COc1ccc(OC)c(NC(=O)CC2CCN(C3CC3)CC2)c1. The van der Waals surface area contributed by atoms with Crippen LogP contribution in [0.15, 0.2) is 18.2 Å². The zero-order valence-electron chi connectivity index (χ0n) is 14.0. The first kappa shape index (κ1) is 16.1. The fourth-order valence-corrected chi connectivity index (χ4v) is 3.34. The smallest absolute Gasteiger partial charge is 0.224 e. The van der Waals surface area contributed by atoms with Crippen LogP contribution in [0.2, 0.25) is 0 Å². The Labute approximate surface area is 137 Å². The summed E-state index contributed by atoms with van der Waals surface area (Å²) in [5, 5.41) is 2.97. The van der Waals surface area contributed by atoms with E-state index in [2.05, 4.69) is 10.2 Å². The fraction of sp³-hybridized carbons (Fsp3) is 0.611. The first-order valence-electron chi connectivity index (χ1n) is 8.45. The topological polar surface area (TPSA) is 50.8 Å². The Morgan fingerprint density at radius 1 is 1.17 bits per heavy atom. The van der Waals surface area contributed by atoms with E-state index in [1.165, 1.54) is 12.8 Å². The number of hydrogen-bond acceptors (Lipinski definition) is 4. The van der Waals surface area contributed by atoms with Gasteiger partial charge in [0.05, 0.1) is 19.9 Å². The number of likely N-dealkylation sites (tertiary alicyclic amines) is 1. The Morgan fingerprint density at radius 2 is 1.91 bits per heavy atom. The second-order valence-electron chi connectivity index (χ2n) is 6.53. The van der Waals surface area contributed by atoms with Crippen LogP contribution < -0.4 is 14.8 Å². The quantitative estimate of drug-likeness (QED) is 0.876. The van der Waals surface area contributed by atoms with E-state index in [0.29, 0.717) is 29.5 Å². The van der Waals surface area contributed by atoms with Crippen molar-refractivity contribution in [3.8, 4) is 11.5 Å². The van der Waals surface area contributed by atoms with Crippen molar-refractivity contribution < 1.29 is 14.3 Å². The summed E-state index contributed by atoms with van der Waals surface area (Å²) in [7, 11) is 3.21. The fourth-order valence-electron chi connectivity index (χ4n) is 3.34. The van der Waals surface area contributed by atoms with Crippen molar-refractivity contribution in [3.63, 3.8) is 0 Å². The average molecular weight is 318 g/mol. The number of benzene rings is 1. The second-order valence-corrected chi connectivity index (χ2v) is 6.53. The summed E-state index contributed by atoms with van der Waals surface area (Å²) < 4.78 is 10.5. The molecule has 23 heavy (non-hydrogen) atoms. The number of nitrogens with one attached hydrogen (secondary N) is 1. The number of hydrogen-bond donors (Lipinski definition) is 1. The van der Waals surface area contributed by atoms with Gasteiger partial charge in [0.1, 0.15) is 11.5 Å². The molecule has 1 saturated heterocycles. The number of carbonyl (C=O) groups excluding carboxylic acids is 1. The van der Waals surface area contributed by atoms with Crippen LogP contribution >= 0.6 is 0 Å². The van der Waals surface area contributed by atoms with Crippen LogP contribution in [0.5, 0.6) is 11.5 Å². The highest BCUT2D eigenvalue weighted by molar-refractivity contribution is 5.92. The van der Waals surface area contributed by atoms with Gasteiger partial charge in [-0.25, -0.2) is 0 Å². The number of carbonyl (C=O) groups is 1. The molecule has 5 heteroatoms. The number of methoxy groups -OCH3 is 2. The minimum absolute atomic E-state index is 0.0569. The molecular formula is C18H26N2O3. The summed E-state index contributed by atoms with van der Waals surface area (Å²) in [6.45, 7) is 2.29. The van der Waals surface area contributed by atoms with Crippen molar-refractivity contribution in [1.82, 2.24) is 4.90 Å². The predicted molar refractivity (Wildman–Crippen MR) is 90.1 cm³/mol. The van der Waals surface area contributed by atoms with Gasteiger partial charge >= 0.3 is 0 Å². The van der Waals surface area contributed by atoms with E-state index < -0.39 is 0 Å². The van der Waals surface area contributed by atoms with Gasteiger partial charge in [0.15, 0.2) is 0 Å². The highest BCUT2D eigenvalue weighted by Gasteiger charge is 2.32. The Kier molecular flexibility index (Phi) is 5.06. The number of rotatable bonds is 6. The maximum Gasteiger partial charge on any atom is 0.224 e. The minimum atomic E-state index is 0.0569. The zero-order chi connectivity index (χ0) is 16.2. The van der Waals surface area contributed by atoms with Crippen LogP contribution in [-0.4, -0.2) is 44.2 Å². The van der Waals surface area contributed by atoms with Crippen molar-refractivity contribution in [2.24, 2.45) is 5.92 Å².